The van der Waals surface area contributed by atoms with Crippen molar-refractivity contribution in [1.29, 1.82) is 5.26 Å². The van der Waals surface area contributed by atoms with Crippen molar-refractivity contribution in [2.24, 2.45) is 0 Å². The number of piperazine rings is 1. The molecule has 0 spiro atoms. The Labute approximate surface area is 103 Å². The fourth-order valence-corrected chi connectivity index (χ4v) is 2.69. The van der Waals surface area contributed by atoms with Crippen molar-refractivity contribution in [2.45, 2.75) is 32.4 Å². The molecule has 1 fully saturated rings. The van der Waals surface area contributed by atoms with Gasteiger partial charge in [0.25, 0.3) is 0 Å². The lowest BCUT2D eigenvalue weighted by Crippen LogP contribution is -2.62. The van der Waals surface area contributed by atoms with E-state index in [1.54, 1.807) is 0 Å². The van der Waals surface area contributed by atoms with Gasteiger partial charge in [-0.2, -0.15) is 5.26 Å². The molecule has 0 radical (unpaired) electrons. The molecule has 2 rings (SSSR count). The maximum atomic E-state index is 8.98. The number of rotatable bonds is 1. The first-order valence-corrected chi connectivity index (χ1v) is 6.05. The third-order valence-electron chi connectivity index (χ3n) is 3.34. The Balaban J connectivity index is 2.39. The van der Waals surface area contributed by atoms with Crippen molar-refractivity contribution in [2.75, 3.05) is 18.0 Å². The molecule has 90 valence electrons. The van der Waals surface area contributed by atoms with Gasteiger partial charge in [-0.15, -0.1) is 0 Å². The van der Waals surface area contributed by atoms with E-state index < -0.39 is 0 Å². The van der Waals surface area contributed by atoms with Crippen LogP contribution in [0.5, 0.6) is 0 Å². The van der Waals surface area contributed by atoms with Crippen molar-refractivity contribution in [3.8, 4) is 6.07 Å². The minimum atomic E-state index is 0.0751. The Morgan fingerprint density at radius 2 is 2.24 bits per heavy atom. The highest BCUT2D eigenvalue weighted by Crippen LogP contribution is 2.29. The van der Waals surface area contributed by atoms with Gasteiger partial charge in [-0.1, -0.05) is 6.07 Å². The summed E-state index contributed by atoms with van der Waals surface area (Å²) < 4.78 is 0. The molecule has 3 nitrogen and oxygen atoms in total. The highest BCUT2D eigenvalue weighted by atomic mass is 15.3. The molecule has 1 aromatic carbocycles. The minimum absolute atomic E-state index is 0.0751. The minimum Gasteiger partial charge on any atom is -0.361 e. The van der Waals surface area contributed by atoms with Crippen LogP contribution in [0.1, 0.15) is 26.3 Å². The molecule has 1 aromatic rings. The molecule has 1 heterocycles. The Morgan fingerprint density at radius 1 is 1.47 bits per heavy atom. The molecule has 17 heavy (non-hydrogen) atoms. The number of hydrogen-bond donors (Lipinski definition) is 1. The van der Waals surface area contributed by atoms with Crippen LogP contribution in [0.2, 0.25) is 0 Å². The van der Waals surface area contributed by atoms with Crippen LogP contribution in [0, 0.1) is 11.3 Å². The van der Waals surface area contributed by atoms with E-state index in [0.29, 0.717) is 6.04 Å². The van der Waals surface area contributed by atoms with Gasteiger partial charge in [0.15, 0.2) is 0 Å². The molecular formula is C14H19N3. The third kappa shape index (κ3) is 2.27. The Kier molecular flexibility index (Phi) is 3.08. The summed E-state index contributed by atoms with van der Waals surface area (Å²) in [5, 5.41) is 12.4. The van der Waals surface area contributed by atoms with Crippen molar-refractivity contribution < 1.29 is 0 Å². The second-order valence-corrected chi connectivity index (χ2v) is 5.32. The molecule has 1 unspecified atom stereocenters. The third-order valence-corrected chi connectivity index (χ3v) is 3.34. The molecule has 3 heteroatoms. The van der Waals surface area contributed by atoms with Crippen molar-refractivity contribution in [3.05, 3.63) is 29.8 Å². The first-order chi connectivity index (χ1) is 8.04. The van der Waals surface area contributed by atoms with E-state index in [-0.39, 0.29) is 5.54 Å². The highest BCUT2D eigenvalue weighted by Gasteiger charge is 2.34. The maximum absolute atomic E-state index is 8.98. The van der Waals surface area contributed by atoms with Crippen molar-refractivity contribution in [3.63, 3.8) is 0 Å². The number of nitrogens with one attached hydrogen (secondary N) is 1. The van der Waals surface area contributed by atoms with Crippen LogP contribution >= 0.6 is 0 Å². The number of nitriles is 1. The zero-order chi connectivity index (χ0) is 12.5. The molecule has 1 atom stereocenters. The predicted molar refractivity (Wildman–Crippen MR) is 70.0 cm³/mol. The van der Waals surface area contributed by atoms with E-state index in [1.165, 1.54) is 0 Å². The molecule has 0 amide bonds. The van der Waals surface area contributed by atoms with Gasteiger partial charge in [-0.25, -0.2) is 0 Å². The Bertz CT molecular complexity index is 445. The largest absolute Gasteiger partial charge is 0.361 e. The van der Waals surface area contributed by atoms with Gasteiger partial charge in [0, 0.05) is 30.4 Å². The lowest BCUT2D eigenvalue weighted by Gasteiger charge is -2.48. The van der Waals surface area contributed by atoms with E-state index in [9.17, 15) is 0 Å². The number of anilines is 1. The molecule has 0 bridgehead atoms. The van der Waals surface area contributed by atoms with Crippen LogP contribution in [0.15, 0.2) is 24.3 Å². The summed E-state index contributed by atoms with van der Waals surface area (Å²) in [6.45, 7) is 8.63. The van der Waals surface area contributed by atoms with Crippen molar-refractivity contribution in [1.82, 2.24) is 5.32 Å². The van der Waals surface area contributed by atoms with Gasteiger partial charge >= 0.3 is 0 Å². The van der Waals surface area contributed by atoms with E-state index in [4.69, 9.17) is 5.26 Å². The SMILES string of the molecule is CC1CNCC(C)(C)N1c1cccc(C#N)c1. The smallest absolute Gasteiger partial charge is 0.0992 e. The fraction of sp³-hybridized carbons (Fsp3) is 0.500. The molecule has 0 aliphatic carbocycles. The van der Waals surface area contributed by atoms with Crippen LogP contribution in [0.25, 0.3) is 0 Å². The van der Waals surface area contributed by atoms with Crippen molar-refractivity contribution >= 4 is 5.69 Å². The second-order valence-electron chi connectivity index (χ2n) is 5.32. The van der Waals surface area contributed by atoms with Gasteiger partial charge in [0.2, 0.25) is 0 Å². The summed E-state index contributed by atoms with van der Waals surface area (Å²) in [4.78, 5) is 2.41. The van der Waals surface area contributed by atoms with Gasteiger partial charge < -0.3 is 10.2 Å². The van der Waals surface area contributed by atoms with Crippen LogP contribution in [0.4, 0.5) is 5.69 Å². The van der Waals surface area contributed by atoms with Gasteiger partial charge in [-0.05, 0) is 39.0 Å². The fourth-order valence-electron chi connectivity index (χ4n) is 2.69. The zero-order valence-electron chi connectivity index (χ0n) is 10.7. The summed E-state index contributed by atoms with van der Waals surface area (Å²) in [6.07, 6.45) is 0. The summed E-state index contributed by atoms with van der Waals surface area (Å²) in [5.41, 5.74) is 1.94. The highest BCUT2D eigenvalue weighted by molar-refractivity contribution is 5.54. The van der Waals surface area contributed by atoms with Gasteiger partial charge in [0.05, 0.1) is 11.6 Å². The summed E-state index contributed by atoms with van der Waals surface area (Å²) >= 11 is 0. The maximum Gasteiger partial charge on any atom is 0.0992 e. The summed E-state index contributed by atoms with van der Waals surface area (Å²) in [7, 11) is 0. The van der Waals surface area contributed by atoms with E-state index in [0.717, 1.165) is 24.3 Å². The first-order valence-electron chi connectivity index (χ1n) is 6.05. The van der Waals surface area contributed by atoms with Gasteiger partial charge in [-0.3, -0.25) is 0 Å². The topological polar surface area (TPSA) is 39.1 Å². The van der Waals surface area contributed by atoms with E-state index >= 15 is 0 Å². The summed E-state index contributed by atoms with van der Waals surface area (Å²) in [5.74, 6) is 0. The quantitative estimate of drug-likeness (QED) is 0.802. The van der Waals surface area contributed by atoms with Gasteiger partial charge in [0.1, 0.15) is 0 Å². The van der Waals surface area contributed by atoms with Crippen LogP contribution in [0.3, 0.4) is 0 Å². The number of nitrogens with zero attached hydrogens (tertiary/aromatic N) is 2. The lowest BCUT2D eigenvalue weighted by atomic mass is 9.95. The van der Waals surface area contributed by atoms with Crippen LogP contribution < -0.4 is 10.2 Å². The Hall–Kier alpha value is -1.53. The normalized spacial score (nSPS) is 23.2. The molecule has 0 aromatic heterocycles. The molecule has 1 N–H and O–H groups in total. The molecular weight excluding hydrogens is 210 g/mol. The standard InChI is InChI=1S/C14H19N3/c1-11-9-16-10-14(2,3)17(11)13-6-4-5-12(7-13)8-15/h4-7,11,16H,9-10H2,1-3H3. The average Bonchev–Trinajstić information content (AvgIpc) is 2.28. The zero-order valence-corrected chi connectivity index (χ0v) is 10.7. The second kappa shape index (κ2) is 4.38. The van der Waals surface area contributed by atoms with E-state index in [1.807, 2.05) is 18.2 Å². The monoisotopic (exact) mass is 229 g/mol. The van der Waals surface area contributed by atoms with Crippen LogP contribution in [-0.4, -0.2) is 24.7 Å². The summed E-state index contributed by atoms with van der Waals surface area (Å²) in [6, 6.07) is 10.5. The molecule has 1 saturated heterocycles. The lowest BCUT2D eigenvalue weighted by molar-refractivity contribution is 0.334. The number of benzene rings is 1. The average molecular weight is 229 g/mol. The molecule has 0 saturated carbocycles. The van der Waals surface area contributed by atoms with Crippen LogP contribution in [-0.2, 0) is 0 Å². The molecule has 1 aliphatic heterocycles. The first kappa shape index (κ1) is 11.9. The Morgan fingerprint density at radius 3 is 2.88 bits per heavy atom. The number of hydrogen-bond acceptors (Lipinski definition) is 3. The molecule has 1 aliphatic rings. The van der Waals surface area contributed by atoms with E-state index in [2.05, 4.69) is 43.1 Å². The predicted octanol–water partition coefficient (Wildman–Crippen LogP) is 2.13.